The van der Waals surface area contributed by atoms with Crippen molar-refractivity contribution >= 4 is 15.9 Å². The van der Waals surface area contributed by atoms with Crippen molar-refractivity contribution in [2.45, 2.75) is 33.9 Å². The number of aromatic nitrogens is 4. The van der Waals surface area contributed by atoms with Crippen molar-refractivity contribution in [1.82, 2.24) is 24.9 Å². The van der Waals surface area contributed by atoms with Crippen LogP contribution in [-0.2, 0) is 20.1 Å². The summed E-state index contributed by atoms with van der Waals surface area (Å²) in [6, 6.07) is 2.06. The lowest BCUT2D eigenvalue weighted by atomic mass is 10.2. The summed E-state index contributed by atoms with van der Waals surface area (Å²) in [7, 11) is 1.97. The van der Waals surface area contributed by atoms with Crippen LogP contribution in [0, 0.1) is 12.8 Å². The molecule has 0 aliphatic rings. The first-order valence-corrected chi connectivity index (χ1v) is 7.67. The van der Waals surface area contributed by atoms with E-state index in [1.807, 2.05) is 29.5 Å². The van der Waals surface area contributed by atoms with Crippen molar-refractivity contribution in [3.05, 3.63) is 33.8 Å². The van der Waals surface area contributed by atoms with Crippen molar-refractivity contribution in [2.75, 3.05) is 6.54 Å². The highest BCUT2D eigenvalue weighted by Gasteiger charge is 2.13. The standard InChI is InChI=1S/C14H22BrN5/c1-10(2)7-16-8-12-5-6-17-20(12)9-13-14(15)11(3)18-19(13)4/h5-6,10,16H,7-9H2,1-4H3. The summed E-state index contributed by atoms with van der Waals surface area (Å²) in [6.45, 7) is 9.00. The van der Waals surface area contributed by atoms with Gasteiger partial charge >= 0.3 is 0 Å². The number of nitrogens with zero attached hydrogens (tertiary/aromatic N) is 4. The highest BCUT2D eigenvalue weighted by Crippen LogP contribution is 2.21. The first kappa shape index (κ1) is 15.3. The average Bonchev–Trinajstić information content (AvgIpc) is 2.90. The third-order valence-corrected chi connectivity index (χ3v) is 4.26. The highest BCUT2D eigenvalue weighted by atomic mass is 79.9. The lowest BCUT2D eigenvalue weighted by Gasteiger charge is -2.10. The maximum absolute atomic E-state index is 4.42. The van der Waals surface area contributed by atoms with Crippen LogP contribution in [0.25, 0.3) is 0 Å². The fraction of sp³-hybridized carbons (Fsp3) is 0.571. The largest absolute Gasteiger partial charge is 0.311 e. The molecule has 2 aromatic rings. The molecule has 0 saturated heterocycles. The van der Waals surface area contributed by atoms with Crippen molar-refractivity contribution in [1.29, 1.82) is 0 Å². The van der Waals surface area contributed by atoms with E-state index in [0.29, 0.717) is 5.92 Å². The second kappa shape index (κ2) is 6.54. The number of aryl methyl sites for hydroxylation is 2. The molecule has 0 unspecified atom stereocenters. The van der Waals surface area contributed by atoms with Gasteiger partial charge in [-0.25, -0.2) is 0 Å². The van der Waals surface area contributed by atoms with Gasteiger partial charge in [-0.2, -0.15) is 10.2 Å². The summed E-state index contributed by atoms with van der Waals surface area (Å²) in [5, 5.41) is 12.3. The Morgan fingerprint density at radius 2 is 2.15 bits per heavy atom. The number of halogens is 1. The van der Waals surface area contributed by atoms with Gasteiger partial charge in [0.1, 0.15) is 0 Å². The Bertz CT molecular complexity index is 570. The molecule has 110 valence electrons. The fourth-order valence-electron chi connectivity index (χ4n) is 2.14. The van der Waals surface area contributed by atoms with Gasteiger partial charge in [-0.1, -0.05) is 13.8 Å². The first-order chi connectivity index (χ1) is 9.49. The van der Waals surface area contributed by atoms with E-state index in [4.69, 9.17) is 0 Å². The van der Waals surface area contributed by atoms with E-state index < -0.39 is 0 Å². The molecule has 6 heteroatoms. The van der Waals surface area contributed by atoms with E-state index in [9.17, 15) is 0 Å². The SMILES string of the molecule is Cc1nn(C)c(Cn2nccc2CNCC(C)C)c1Br. The minimum absolute atomic E-state index is 0.653. The van der Waals surface area contributed by atoms with Crippen molar-refractivity contribution in [2.24, 2.45) is 13.0 Å². The van der Waals surface area contributed by atoms with Gasteiger partial charge in [0.05, 0.1) is 28.1 Å². The van der Waals surface area contributed by atoms with E-state index in [-0.39, 0.29) is 0 Å². The van der Waals surface area contributed by atoms with Crippen LogP contribution in [0.1, 0.15) is 30.9 Å². The summed E-state index contributed by atoms with van der Waals surface area (Å²) in [4.78, 5) is 0. The number of hydrogen-bond acceptors (Lipinski definition) is 3. The van der Waals surface area contributed by atoms with Crippen molar-refractivity contribution in [3.63, 3.8) is 0 Å². The van der Waals surface area contributed by atoms with E-state index >= 15 is 0 Å². The molecule has 0 aromatic carbocycles. The predicted molar refractivity (Wildman–Crippen MR) is 83.5 cm³/mol. The first-order valence-electron chi connectivity index (χ1n) is 6.88. The van der Waals surface area contributed by atoms with Gasteiger partial charge in [0.2, 0.25) is 0 Å². The third-order valence-electron chi connectivity index (χ3n) is 3.22. The fourth-order valence-corrected chi connectivity index (χ4v) is 2.60. The molecule has 1 N–H and O–H groups in total. The van der Waals surface area contributed by atoms with Gasteiger partial charge in [0.25, 0.3) is 0 Å². The molecule has 0 radical (unpaired) electrons. The van der Waals surface area contributed by atoms with Crippen LogP contribution in [0.3, 0.4) is 0 Å². The Morgan fingerprint density at radius 1 is 1.40 bits per heavy atom. The van der Waals surface area contributed by atoms with Gasteiger partial charge < -0.3 is 5.32 Å². The molecule has 0 aliphatic carbocycles. The lowest BCUT2D eigenvalue weighted by molar-refractivity contribution is 0.523. The lowest BCUT2D eigenvalue weighted by Crippen LogP contribution is -2.21. The number of rotatable bonds is 6. The Hall–Kier alpha value is -1.14. The van der Waals surface area contributed by atoms with E-state index in [1.54, 1.807) is 0 Å². The zero-order valence-electron chi connectivity index (χ0n) is 12.5. The zero-order valence-corrected chi connectivity index (χ0v) is 14.1. The Labute approximate surface area is 128 Å². The molecule has 0 amide bonds. The van der Waals surface area contributed by atoms with E-state index in [1.165, 1.54) is 5.69 Å². The molecule has 2 aromatic heterocycles. The van der Waals surface area contributed by atoms with Crippen LogP contribution < -0.4 is 5.32 Å². The normalized spacial score (nSPS) is 11.5. The molecule has 0 bridgehead atoms. The molecule has 2 rings (SSSR count). The van der Waals surface area contributed by atoms with Gasteiger partial charge in [-0.05, 0) is 41.4 Å². The van der Waals surface area contributed by atoms with Crippen LogP contribution in [0.4, 0.5) is 0 Å². The molecule has 0 aliphatic heterocycles. The summed E-state index contributed by atoms with van der Waals surface area (Å²) >= 11 is 3.60. The van der Waals surface area contributed by atoms with Crippen LogP contribution >= 0.6 is 15.9 Å². The van der Waals surface area contributed by atoms with E-state index in [0.717, 1.165) is 35.5 Å². The minimum Gasteiger partial charge on any atom is -0.311 e. The second-order valence-corrected chi connectivity index (χ2v) is 6.27. The smallest absolute Gasteiger partial charge is 0.0843 e. The quantitative estimate of drug-likeness (QED) is 0.879. The molecule has 0 fully saturated rings. The van der Waals surface area contributed by atoms with Gasteiger partial charge in [0.15, 0.2) is 0 Å². The van der Waals surface area contributed by atoms with Crippen LogP contribution in [0.5, 0.6) is 0 Å². The monoisotopic (exact) mass is 339 g/mol. The maximum atomic E-state index is 4.42. The van der Waals surface area contributed by atoms with E-state index in [2.05, 4.69) is 51.4 Å². The average molecular weight is 340 g/mol. The second-order valence-electron chi connectivity index (χ2n) is 5.47. The predicted octanol–water partition coefficient (Wildman–Crippen LogP) is 2.48. The van der Waals surface area contributed by atoms with Crippen LogP contribution in [0.2, 0.25) is 0 Å². The zero-order chi connectivity index (χ0) is 14.7. The van der Waals surface area contributed by atoms with Gasteiger partial charge in [0, 0.05) is 19.8 Å². The topological polar surface area (TPSA) is 47.7 Å². The molecular formula is C14H22BrN5. The van der Waals surface area contributed by atoms with Gasteiger partial charge in [-0.15, -0.1) is 0 Å². The Balaban J connectivity index is 2.08. The maximum Gasteiger partial charge on any atom is 0.0843 e. The van der Waals surface area contributed by atoms with Crippen LogP contribution in [-0.4, -0.2) is 26.1 Å². The van der Waals surface area contributed by atoms with Crippen molar-refractivity contribution in [3.8, 4) is 0 Å². The summed E-state index contributed by atoms with van der Waals surface area (Å²) in [5.74, 6) is 0.653. The van der Waals surface area contributed by atoms with Crippen molar-refractivity contribution < 1.29 is 0 Å². The summed E-state index contributed by atoms with van der Waals surface area (Å²) < 4.78 is 5.00. The number of nitrogens with one attached hydrogen (secondary N) is 1. The molecular weight excluding hydrogens is 318 g/mol. The molecule has 20 heavy (non-hydrogen) atoms. The summed E-state index contributed by atoms with van der Waals surface area (Å²) in [6.07, 6.45) is 1.85. The molecule has 0 saturated carbocycles. The Morgan fingerprint density at radius 3 is 2.75 bits per heavy atom. The molecule has 0 atom stereocenters. The molecule has 2 heterocycles. The molecule has 5 nitrogen and oxygen atoms in total. The number of hydrogen-bond donors (Lipinski definition) is 1. The highest BCUT2D eigenvalue weighted by molar-refractivity contribution is 9.10. The van der Waals surface area contributed by atoms with Crippen LogP contribution in [0.15, 0.2) is 16.7 Å². The third kappa shape index (κ3) is 3.49. The van der Waals surface area contributed by atoms with Gasteiger partial charge in [-0.3, -0.25) is 9.36 Å². The Kier molecular flexibility index (Phi) is 4.99. The summed E-state index contributed by atoms with van der Waals surface area (Å²) in [5.41, 5.74) is 3.34. The minimum atomic E-state index is 0.653. The molecule has 0 spiro atoms.